The number of amides is 2. The third-order valence-corrected chi connectivity index (χ3v) is 5.37. The third kappa shape index (κ3) is 4.58. The maximum absolute atomic E-state index is 13.3. The third-order valence-electron chi connectivity index (χ3n) is 5.37. The smallest absolute Gasteiger partial charge is 0.253 e. The molecule has 0 bridgehead atoms. The molecule has 1 heterocycles. The lowest BCUT2D eigenvalue weighted by atomic mass is 9.88. The maximum Gasteiger partial charge on any atom is 0.253 e. The number of halogens is 1. The van der Waals surface area contributed by atoms with Crippen molar-refractivity contribution < 1.29 is 14.0 Å². The first-order valence-corrected chi connectivity index (χ1v) is 9.88. The van der Waals surface area contributed by atoms with E-state index in [4.69, 9.17) is 0 Å². The molecule has 0 unspecified atom stereocenters. The van der Waals surface area contributed by atoms with Crippen LogP contribution in [-0.4, -0.2) is 36.3 Å². The number of nitrogens with zero attached hydrogens (tertiary/aromatic N) is 1. The van der Waals surface area contributed by atoms with E-state index in [2.05, 4.69) is 12.2 Å². The SMILES string of the molecule is CCCCNC(=O)[C@@H]1CN(C(=O)c2ccc(C)cc2)C[C@H]1c1ccc(F)cc1. The zero-order valence-corrected chi connectivity index (χ0v) is 16.5. The van der Waals surface area contributed by atoms with Crippen molar-refractivity contribution in [1.82, 2.24) is 10.2 Å². The number of carbonyl (C=O) groups excluding carboxylic acids is 2. The van der Waals surface area contributed by atoms with Gasteiger partial charge in [0.25, 0.3) is 5.91 Å². The molecule has 5 heteroatoms. The predicted molar refractivity (Wildman–Crippen MR) is 108 cm³/mol. The summed E-state index contributed by atoms with van der Waals surface area (Å²) < 4.78 is 13.3. The molecular weight excluding hydrogens is 355 g/mol. The Kier molecular flexibility index (Phi) is 6.45. The van der Waals surface area contributed by atoms with Gasteiger partial charge < -0.3 is 10.2 Å². The molecule has 1 N–H and O–H groups in total. The molecule has 148 valence electrons. The van der Waals surface area contributed by atoms with Gasteiger partial charge in [0.2, 0.25) is 5.91 Å². The van der Waals surface area contributed by atoms with Crippen LogP contribution in [0.5, 0.6) is 0 Å². The van der Waals surface area contributed by atoms with Crippen molar-refractivity contribution in [2.24, 2.45) is 5.92 Å². The first kappa shape index (κ1) is 20.1. The van der Waals surface area contributed by atoms with Gasteiger partial charge in [-0.05, 0) is 43.2 Å². The quantitative estimate of drug-likeness (QED) is 0.770. The monoisotopic (exact) mass is 382 g/mol. The van der Waals surface area contributed by atoms with Crippen molar-refractivity contribution in [2.75, 3.05) is 19.6 Å². The summed E-state index contributed by atoms with van der Waals surface area (Å²) in [6, 6.07) is 13.7. The molecule has 1 saturated heterocycles. The minimum atomic E-state index is -0.336. The van der Waals surface area contributed by atoms with Crippen molar-refractivity contribution in [3.8, 4) is 0 Å². The molecule has 1 aliphatic heterocycles. The highest BCUT2D eigenvalue weighted by Crippen LogP contribution is 2.34. The number of hydrogen-bond donors (Lipinski definition) is 1. The summed E-state index contributed by atoms with van der Waals surface area (Å²) in [6.45, 7) is 5.50. The molecule has 2 atom stereocenters. The Bertz CT molecular complexity index is 818. The second-order valence-corrected chi connectivity index (χ2v) is 7.49. The number of likely N-dealkylation sites (tertiary alicyclic amines) is 1. The van der Waals surface area contributed by atoms with Crippen LogP contribution in [-0.2, 0) is 4.79 Å². The molecule has 0 saturated carbocycles. The fourth-order valence-electron chi connectivity index (χ4n) is 3.68. The van der Waals surface area contributed by atoms with Gasteiger partial charge in [0.15, 0.2) is 0 Å². The van der Waals surface area contributed by atoms with Gasteiger partial charge in [0, 0.05) is 31.1 Å². The molecule has 2 amide bonds. The van der Waals surface area contributed by atoms with Crippen molar-refractivity contribution in [3.63, 3.8) is 0 Å². The number of benzene rings is 2. The van der Waals surface area contributed by atoms with Crippen molar-refractivity contribution in [1.29, 1.82) is 0 Å². The number of rotatable bonds is 6. The Morgan fingerprint density at radius 1 is 1.07 bits per heavy atom. The summed E-state index contributed by atoms with van der Waals surface area (Å²) in [5, 5.41) is 2.99. The van der Waals surface area contributed by atoms with E-state index < -0.39 is 0 Å². The van der Waals surface area contributed by atoms with Crippen LogP contribution in [0.4, 0.5) is 4.39 Å². The summed E-state index contributed by atoms with van der Waals surface area (Å²) >= 11 is 0. The largest absolute Gasteiger partial charge is 0.356 e. The van der Waals surface area contributed by atoms with Crippen LogP contribution in [0.2, 0.25) is 0 Å². The lowest BCUT2D eigenvalue weighted by Gasteiger charge is -2.18. The number of carbonyl (C=O) groups is 2. The van der Waals surface area contributed by atoms with Gasteiger partial charge in [-0.3, -0.25) is 9.59 Å². The topological polar surface area (TPSA) is 49.4 Å². The van der Waals surface area contributed by atoms with Crippen LogP contribution in [0, 0.1) is 18.7 Å². The Labute approximate surface area is 165 Å². The van der Waals surface area contributed by atoms with Crippen molar-refractivity contribution >= 4 is 11.8 Å². The lowest BCUT2D eigenvalue weighted by Crippen LogP contribution is -2.36. The molecule has 0 spiro atoms. The lowest BCUT2D eigenvalue weighted by molar-refractivity contribution is -0.124. The molecule has 1 aliphatic rings. The van der Waals surface area contributed by atoms with Crippen LogP contribution >= 0.6 is 0 Å². The molecule has 0 radical (unpaired) electrons. The zero-order valence-electron chi connectivity index (χ0n) is 16.5. The van der Waals surface area contributed by atoms with Gasteiger partial charge in [-0.25, -0.2) is 4.39 Å². The van der Waals surface area contributed by atoms with E-state index >= 15 is 0 Å². The highest BCUT2D eigenvalue weighted by molar-refractivity contribution is 5.95. The number of hydrogen-bond acceptors (Lipinski definition) is 2. The van der Waals surface area contributed by atoms with E-state index in [0.717, 1.165) is 24.0 Å². The van der Waals surface area contributed by atoms with Crippen molar-refractivity contribution in [3.05, 3.63) is 71.0 Å². The van der Waals surface area contributed by atoms with E-state index in [9.17, 15) is 14.0 Å². The van der Waals surface area contributed by atoms with Crippen LogP contribution < -0.4 is 5.32 Å². The molecule has 28 heavy (non-hydrogen) atoms. The maximum atomic E-state index is 13.3. The molecule has 2 aromatic rings. The van der Waals surface area contributed by atoms with Gasteiger partial charge in [-0.2, -0.15) is 0 Å². The molecule has 0 aliphatic carbocycles. The van der Waals surface area contributed by atoms with E-state index in [1.54, 1.807) is 17.0 Å². The van der Waals surface area contributed by atoms with Crippen molar-refractivity contribution in [2.45, 2.75) is 32.6 Å². The van der Waals surface area contributed by atoms with Crippen LogP contribution in [0.15, 0.2) is 48.5 Å². The highest BCUT2D eigenvalue weighted by Gasteiger charge is 2.40. The van der Waals surface area contributed by atoms with E-state index in [1.807, 2.05) is 31.2 Å². The molecular formula is C23H27FN2O2. The van der Waals surface area contributed by atoms with Gasteiger partial charge in [-0.15, -0.1) is 0 Å². The average molecular weight is 382 g/mol. The average Bonchev–Trinajstić information content (AvgIpc) is 3.14. The van der Waals surface area contributed by atoms with Gasteiger partial charge in [-0.1, -0.05) is 43.2 Å². The van der Waals surface area contributed by atoms with Gasteiger partial charge >= 0.3 is 0 Å². The Balaban J connectivity index is 1.81. The second kappa shape index (κ2) is 9.00. The fraction of sp³-hybridized carbons (Fsp3) is 0.391. The molecule has 1 fully saturated rings. The minimum Gasteiger partial charge on any atom is -0.356 e. The summed E-state index contributed by atoms with van der Waals surface area (Å²) in [7, 11) is 0. The first-order chi connectivity index (χ1) is 13.5. The minimum absolute atomic E-state index is 0.0398. The molecule has 3 rings (SSSR count). The van der Waals surface area contributed by atoms with Crippen LogP contribution in [0.25, 0.3) is 0 Å². The zero-order chi connectivity index (χ0) is 20.1. The summed E-state index contributed by atoms with van der Waals surface area (Å²) in [5.41, 5.74) is 2.60. The second-order valence-electron chi connectivity index (χ2n) is 7.49. The van der Waals surface area contributed by atoms with Gasteiger partial charge in [0.05, 0.1) is 5.92 Å². The van der Waals surface area contributed by atoms with E-state index in [-0.39, 0.29) is 29.5 Å². The van der Waals surface area contributed by atoms with E-state index in [0.29, 0.717) is 25.2 Å². The Morgan fingerprint density at radius 2 is 1.75 bits per heavy atom. The molecule has 2 aromatic carbocycles. The number of unbranched alkanes of at least 4 members (excludes halogenated alkanes) is 1. The standard InChI is InChI=1S/C23H27FN2O2/c1-3-4-13-25-22(27)21-15-26(23(28)18-7-5-16(2)6-8-18)14-20(21)17-9-11-19(24)12-10-17/h5-12,20-21H,3-4,13-15H2,1-2H3,(H,25,27)/t20-,21+/m0/s1. The number of aryl methyl sites for hydroxylation is 1. The Morgan fingerprint density at radius 3 is 2.39 bits per heavy atom. The predicted octanol–water partition coefficient (Wildman–Crippen LogP) is 3.91. The van der Waals surface area contributed by atoms with Crippen LogP contribution in [0.3, 0.4) is 0 Å². The fourth-order valence-corrected chi connectivity index (χ4v) is 3.68. The molecule has 4 nitrogen and oxygen atoms in total. The first-order valence-electron chi connectivity index (χ1n) is 9.88. The summed E-state index contributed by atoms with van der Waals surface area (Å²) in [5.74, 6) is -0.899. The highest BCUT2D eigenvalue weighted by atomic mass is 19.1. The summed E-state index contributed by atoms with van der Waals surface area (Å²) in [6.07, 6.45) is 1.93. The van der Waals surface area contributed by atoms with Crippen LogP contribution in [0.1, 0.15) is 47.2 Å². The summed E-state index contributed by atoms with van der Waals surface area (Å²) in [4.78, 5) is 27.5. The molecule has 0 aromatic heterocycles. The Hall–Kier alpha value is -2.69. The number of nitrogens with one attached hydrogen (secondary N) is 1. The normalized spacial score (nSPS) is 18.9. The van der Waals surface area contributed by atoms with E-state index in [1.165, 1.54) is 12.1 Å². The van der Waals surface area contributed by atoms with Gasteiger partial charge in [0.1, 0.15) is 5.82 Å².